The highest BCUT2D eigenvalue weighted by molar-refractivity contribution is 5.93. The molecule has 5 nitrogen and oxygen atoms in total. The molecule has 3 N–H and O–H groups in total. The van der Waals surface area contributed by atoms with Gasteiger partial charge in [-0.3, -0.25) is 4.79 Å². The number of nitrogens with zero attached hydrogens (tertiary/aromatic N) is 1. The number of hydrogen-bond donors (Lipinski definition) is 3. The van der Waals surface area contributed by atoms with E-state index in [9.17, 15) is 14.3 Å². The van der Waals surface area contributed by atoms with Crippen molar-refractivity contribution in [2.24, 2.45) is 0 Å². The first kappa shape index (κ1) is 17.2. The van der Waals surface area contributed by atoms with Crippen LogP contribution < -0.4 is 15.1 Å². The molecule has 0 saturated carbocycles. The monoisotopic (exact) mass is 344 g/mol. The predicted octanol–water partition coefficient (Wildman–Crippen LogP) is 1.26. The van der Waals surface area contributed by atoms with Gasteiger partial charge >= 0.3 is 0 Å². The number of nitrogens with one attached hydrogen (secondary N) is 2. The number of aromatic hydroxyl groups is 1. The highest BCUT2D eigenvalue weighted by Crippen LogP contribution is 2.26. The Kier molecular flexibility index (Phi) is 5.19. The largest absolute Gasteiger partial charge is 0.506 e. The number of amides is 1. The van der Waals surface area contributed by atoms with Crippen LogP contribution in [-0.2, 0) is 4.79 Å². The van der Waals surface area contributed by atoms with Crippen LogP contribution in [0.15, 0.2) is 48.5 Å². The summed E-state index contributed by atoms with van der Waals surface area (Å²) in [5, 5.41) is 12.7. The zero-order chi connectivity index (χ0) is 17.8. The fourth-order valence-corrected chi connectivity index (χ4v) is 3.20. The molecule has 1 atom stereocenters. The zero-order valence-corrected chi connectivity index (χ0v) is 14.2. The Morgan fingerprint density at radius 1 is 1.20 bits per heavy atom. The smallest absolute Gasteiger partial charge is 0.282 e. The van der Waals surface area contributed by atoms with Crippen molar-refractivity contribution >= 4 is 17.3 Å². The van der Waals surface area contributed by atoms with E-state index in [2.05, 4.69) is 10.2 Å². The van der Waals surface area contributed by atoms with E-state index in [1.54, 1.807) is 24.3 Å². The molecule has 1 heterocycles. The molecule has 0 spiro atoms. The first-order valence-corrected chi connectivity index (χ1v) is 8.48. The van der Waals surface area contributed by atoms with Crippen LogP contribution in [0.4, 0.5) is 15.8 Å². The second-order valence-electron chi connectivity index (χ2n) is 6.36. The van der Waals surface area contributed by atoms with Crippen LogP contribution in [0.5, 0.6) is 5.75 Å². The van der Waals surface area contributed by atoms with E-state index in [-0.39, 0.29) is 23.5 Å². The lowest BCUT2D eigenvalue weighted by Crippen LogP contribution is -3.19. The summed E-state index contributed by atoms with van der Waals surface area (Å²) >= 11 is 0. The molecular formula is C19H23FN3O2+. The molecule has 0 bridgehead atoms. The fraction of sp³-hybridized carbons (Fsp3) is 0.316. The first-order valence-electron chi connectivity index (χ1n) is 8.48. The van der Waals surface area contributed by atoms with Crippen LogP contribution in [0.3, 0.4) is 0 Å². The maximum atomic E-state index is 13.2. The third-order valence-corrected chi connectivity index (χ3v) is 4.73. The van der Waals surface area contributed by atoms with Gasteiger partial charge in [-0.05, 0) is 37.3 Å². The quantitative estimate of drug-likeness (QED) is 0.783. The van der Waals surface area contributed by atoms with Crippen LogP contribution >= 0.6 is 0 Å². The van der Waals surface area contributed by atoms with Crippen LogP contribution in [0.1, 0.15) is 6.92 Å². The number of para-hydroxylation sites is 2. The number of carbonyl (C=O) groups is 1. The SMILES string of the molecule is C[C@H](C(=O)Nc1cccc(F)c1)[NH+]1CCN(c2ccccc2O)CC1. The van der Waals surface area contributed by atoms with Gasteiger partial charge in [0, 0.05) is 5.69 Å². The molecule has 0 radical (unpaired) electrons. The standard InChI is InChI=1S/C19H22FN3O2/c1-14(19(25)21-16-6-4-5-15(20)13-16)22-9-11-23(12-10-22)17-7-2-3-8-18(17)24/h2-8,13-14,24H,9-12H2,1H3,(H,21,25)/p+1/t14-/m1/s1. The molecule has 1 amide bonds. The Balaban J connectivity index is 1.57. The van der Waals surface area contributed by atoms with Crippen molar-refractivity contribution in [2.75, 3.05) is 36.4 Å². The molecule has 0 aromatic heterocycles. The summed E-state index contributed by atoms with van der Waals surface area (Å²) in [6.07, 6.45) is 0. The Morgan fingerprint density at radius 2 is 1.92 bits per heavy atom. The van der Waals surface area contributed by atoms with E-state index in [1.165, 1.54) is 17.0 Å². The predicted molar refractivity (Wildman–Crippen MR) is 95.5 cm³/mol. The minimum atomic E-state index is -0.367. The summed E-state index contributed by atoms with van der Waals surface area (Å²) in [6, 6.07) is 13.0. The topological polar surface area (TPSA) is 57.0 Å². The summed E-state index contributed by atoms with van der Waals surface area (Å²) < 4.78 is 13.2. The van der Waals surface area contributed by atoms with Crippen molar-refractivity contribution in [3.63, 3.8) is 0 Å². The van der Waals surface area contributed by atoms with Crippen molar-refractivity contribution in [1.82, 2.24) is 0 Å². The Hall–Kier alpha value is -2.60. The summed E-state index contributed by atoms with van der Waals surface area (Å²) in [6.45, 7) is 5.02. The third kappa shape index (κ3) is 4.09. The minimum absolute atomic E-state index is 0.114. The Morgan fingerprint density at radius 3 is 2.60 bits per heavy atom. The number of anilines is 2. The van der Waals surface area contributed by atoms with Gasteiger partial charge in [0.25, 0.3) is 5.91 Å². The molecule has 2 aromatic rings. The van der Waals surface area contributed by atoms with Crippen molar-refractivity contribution in [2.45, 2.75) is 13.0 Å². The lowest BCUT2D eigenvalue weighted by Gasteiger charge is -2.36. The molecule has 1 saturated heterocycles. The molecule has 25 heavy (non-hydrogen) atoms. The molecule has 0 aliphatic carbocycles. The number of carbonyl (C=O) groups excluding carboxylic acids is 1. The lowest BCUT2D eigenvalue weighted by molar-refractivity contribution is -0.914. The van der Waals surface area contributed by atoms with Gasteiger partial charge in [-0.2, -0.15) is 0 Å². The highest BCUT2D eigenvalue weighted by Gasteiger charge is 2.29. The molecule has 0 unspecified atom stereocenters. The summed E-state index contributed by atoms with van der Waals surface area (Å²) in [5.41, 5.74) is 1.31. The number of hydrogen-bond acceptors (Lipinski definition) is 3. The molecule has 1 fully saturated rings. The zero-order valence-electron chi connectivity index (χ0n) is 14.2. The number of halogens is 1. The van der Waals surface area contributed by atoms with Crippen molar-refractivity contribution in [3.8, 4) is 5.75 Å². The van der Waals surface area contributed by atoms with E-state index in [1.807, 2.05) is 19.1 Å². The maximum absolute atomic E-state index is 13.2. The molecule has 6 heteroatoms. The summed E-state index contributed by atoms with van der Waals surface area (Å²) in [7, 11) is 0. The van der Waals surface area contributed by atoms with E-state index in [4.69, 9.17) is 0 Å². The third-order valence-electron chi connectivity index (χ3n) is 4.73. The van der Waals surface area contributed by atoms with Gasteiger partial charge in [0.15, 0.2) is 6.04 Å². The van der Waals surface area contributed by atoms with E-state index >= 15 is 0 Å². The van der Waals surface area contributed by atoms with Crippen molar-refractivity contribution in [3.05, 3.63) is 54.3 Å². The van der Waals surface area contributed by atoms with Crippen LogP contribution in [-0.4, -0.2) is 43.2 Å². The van der Waals surface area contributed by atoms with Gasteiger partial charge in [-0.25, -0.2) is 4.39 Å². The summed E-state index contributed by atoms with van der Waals surface area (Å²) in [5.74, 6) is -0.200. The molecule has 3 rings (SSSR count). The first-order chi connectivity index (χ1) is 12.0. The average Bonchev–Trinajstić information content (AvgIpc) is 2.62. The van der Waals surface area contributed by atoms with Gasteiger partial charge < -0.3 is 20.2 Å². The van der Waals surface area contributed by atoms with Gasteiger partial charge in [0.1, 0.15) is 11.6 Å². The molecular weight excluding hydrogens is 321 g/mol. The molecule has 2 aromatic carbocycles. The number of rotatable bonds is 4. The lowest BCUT2D eigenvalue weighted by atomic mass is 10.2. The average molecular weight is 344 g/mol. The molecule has 1 aliphatic heterocycles. The normalized spacial score (nSPS) is 16.5. The number of quaternary nitrogens is 1. The van der Waals surface area contributed by atoms with Gasteiger partial charge in [-0.1, -0.05) is 18.2 Å². The summed E-state index contributed by atoms with van der Waals surface area (Å²) in [4.78, 5) is 15.7. The Labute approximate surface area is 146 Å². The van der Waals surface area contributed by atoms with E-state index < -0.39 is 0 Å². The van der Waals surface area contributed by atoms with Crippen molar-refractivity contribution < 1.29 is 19.2 Å². The fourth-order valence-electron chi connectivity index (χ4n) is 3.20. The van der Waals surface area contributed by atoms with Gasteiger partial charge in [-0.15, -0.1) is 0 Å². The van der Waals surface area contributed by atoms with E-state index in [0.717, 1.165) is 31.9 Å². The second-order valence-corrected chi connectivity index (χ2v) is 6.36. The van der Waals surface area contributed by atoms with Crippen molar-refractivity contribution in [1.29, 1.82) is 0 Å². The van der Waals surface area contributed by atoms with Crippen LogP contribution in [0, 0.1) is 5.82 Å². The van der Waals surface area contributed by atoms with Gasteiger partial charge in [0.05, 0.1) is 31.9 Å². The number of phenolic OH excluding ortho intramolecular Hbond substituents is 1. The number of piperazine rings is 1. The van der Waals surface area contributed by atoms with Crippen LogP contribution in [0.25, 0.3) is 0 Å². The Bertz CT molecular complexity index is 745. The highest BCUT2D eigenvalue weighted by atomic mass is 19.1. The minimum Gasteiger partial charge on any atom is -0.506 e. The maximum Gasteiger partial charge on any atom is 0.282 e. The van der Waals surface area contributed by atoms with Gasteiger partial charge in [0.2, 0.25) is 0 Å². The number of phenols is 1. The molecule has 132 valence electrons. The van der Waals surface area contributed by atoms with E-state index in [0.29, 0.717) is 5.69 Å². The van der Waals surface area contributed by atoms with Crippen LogP contribution in [0.2, 0.25) is 0 Å². The molecule has 1 aliphatic rings. The number of benzene rings is 2. The second kappa shape index (κ2) is 7.53.